The van der Waals surface area contributed by atoms with Crippen molar-refractivity contribution in [2.24, 2.45) is 11.8 Å². The Morgan fingerprint density at radius 1 is 1.28 bits per heavy atom. The van der Waals surface area contributed by atoms with Crippen LogP contribution in [-0.4, -0.2) is 56.7 Å². The first kappa shape index (κ1) is 16.7. The van der Waals surface area contributed by atoms with Crippen LogP contribution in [0.2, 0.25) is 0 Å². The van der Waals surface area contributed by atoms with Gasteiger partial charge >= 0.3 is 0 Å². The van der Waals surface area contributed by atoms with Crippen LogP contribution in [0.3, 0.4) is 0 Å². The van der Waals surface area contributed by atoms with Crippen LogP contribution in [0.4, 0.5) is 0 Å². The van der Waals surface area contributed by atoms with Gasteiger partial charge < -0.3 is 20.1 Å². The van der Waals surface area contributed by atoms with Crippen molar-refractivity contribution < 1.29 is 14.3 Å². The van der Waals surface area contributed by atoms with Crippen LogP contribution in [0.15, 0.2) is 12.1 Å². The average Bonchev–Trinajstić information content (AvgIpc) is 2.99. The molecule has 0 unspecified atom stereocenters. The maximum atomic E-state index is 11.9. The Morgan fingerprint density at radius 3 is 2.76 bits per heavy atom. The van der Waals surface area contributed by atoms with Crippen LogP contribution >= 0.6 is 0 Å². The second-order valence-corrected chi connectivity index (χ2v) is 7.41. The van der Waals surface area contributed by atoms with Gasteiger partial charge in [0, 0.05) is 32.7 Å². The highest BCUT2D eigenvalue weighted by atomic mass is 16.6. The minimum atomic E-state index is 0.179. The molecule has 25 heavy (non-hydrogen) atoms. The molecule has 3 aliphatic rings. The van der Waals surface area contributed by atoms with E-state index in [1.165, 1.54) is 11.1 Å². The molecule has 1 amide bonds. The number of nitrogens with zero attached hydrogens (tertiary/aromatic N) is 1. The predicted molar refractivity (Wildman–Crippen MR) is 94.9 cm³/mol. The van der Waals surface area contributed by atoms with E-state index >= 15 is 0 Å². The molecule has 4 rings (SSSR count). The molecule has 6 nitrogen and oxygen atoms in total. The van der Waals surface area contributed by atoms with Gasteiger partial charge in [-0.05, 0) is 49.1 Å². The third kappa shape index (κ3) is 3.75. The first-order chi connectivity index (χ1) is 12.2. The highest BCUT2D eigenvalue weighted by molar-refractivity contribution is 5.79. The number of benzene rings is 1. The number of ether oxygens (including phenoxy) is 2. The fourth-order valence-corrected chi connectivity index (χ4v) is 3.73. The summed E-state index contributed by atoms with van der Waals surface area (Å²) < 4.78 is 11.4. The van der Waals surface area contributed by atoms with E-state index in [9.17, 15) is 4.79 Å². The third-order valence-electron chi connectivity index (χ3n) is 5.48. The molecule has 136 valence electrons. The van der Waals surface area contributed by atoms with Crippen molar-refractivity contribution in [2.75, 3.05) is 45.9 Å². The summed E-state index contributed by atoms with van der Waals surface area (Å²) in [5.74, 6) is 2.66. The zero-order valence-corrected chi connectivity index (χ0v) is 14.8. The van der Waals surface area contributed by atoms with E-state index in [0.717, 1.165) is 57.2 Å². The normalized spacial score (nSPS) is 23.3. The molecule has 1 aromatic rings. The lowest BCUT2D eigenvalue weighted by Gasteiger charge is -2.26. The van der Waals surface area contributed by atoms with Crippen LogP contribution in [0.1, 0.15) is 17.5 Å². The van der Waals surface area contributed by atoms with Crippen LogP contribution in [0, 0.1) is 18.8 Å². The monoisotopic (exact) mass is 345 g/mol. The zero-order valence-electron chi connectivity index (χ0n) is 14.8. The fraction of sp³-hybridized carbons (Fsp3) is 0.632. The van der Waals surface area contributed by atoms with Gasteiger partial charge in [-0.25, -0.2) is 0 Å². The number of aryl methyl sites for hydroxylation is 1. The maximum Gasteiger partial charge on any atom is 0.225 e. The molecule has 2 saturated heterocycles. The van der Waals surface area contributed by atoms with E-state index in [2.05, 4.69) is 34.6 Å². The molecule has 0 saturated carbocycles. The van der Waals surface area contributed by atoms with Gasteiger partial charge in [-0.15, -0.1) is 0 Å². The Kier molecular flexibility index (Phi) is 4.81. The second-order valence-electron chi connectivity index (χ2n) is 7.41. The first-order valence-corrected chi connectivity index (χ1v) is 9.29. The van der Waals surface area contributed by atoms with Crippen molar-refractivity contribution >= 4 is 5.91 Å². The lowest BCUT2D eigenvalue weighted by Crippen LogP contribution is -2.51. The van der Waals surface area contributed by atoms with Gasteiger partial charge in [-0.1, -0.05) is 0 Å². The molecule has 3 heterocycles. The summed E-state index contributed by atoms with van der Waals surface area (Å²) in [5.41, 5.74) is 2.55. The first-order valence-electron chi connectivity index (χ1n) is 9.29. The fourth-order valence-electron chi connectivity index (χ4n) is 3.73. The molecule has 1 aromatic carbocycles. The Labute approximate surface area is 148 Å². The summed E-state index contributed by atoms with van der Waals surface area (Å²) in [6.45, 7) is 8.88. The van der Waals surface area contributed by atoms with Gasteiger partial charge in [0.1, 0.15) is 13.2 Å². The number of carbonyl (C=O) groups excluding carboxylic acids is 1. The molecule has 0 bridgehead atoms. The molecule has 2 fully saturated rings. The lowest BCUT2D eigenvalue weighted by molar-refractivity contribution is -0.126. The second kappa shape index (κ2) is 7.22. The lowest BCUT2D eigenvalue weighted by atomic mass is 10.0. The standard InChI is InChI=1S/C19H27N3O3/c1-13-6-17-18(25-5-4-24-17)7-15(13)12-22-3-2-14(11-22)8-21-19(23)16-9-20-10-16/h6-7,14,16,20H,2-5,8-12H2,1H3,(H,21,23)/t14-/m0/s1. The van der Waals surface area contributed by atoms with Crippen LogP contribution in [0.5, 0.6) is 11.5 Å². The molecular weight excluding hydrogens is 318 g/mol. The van der Waals surface area contributed by atoms with Gasteiger partial charge in [-0.2, -0.15) is 0 Å². The molecule has 0 radical (unpaired) electrons. The molecule has 0 aliphatic carbocycles. The number of fused-ring (bicyclic) bond motifs is 1. The summed E-state index contributed by atoms with van der Waals surface area (Å²) in [5, 5.41) is 6.26. The number of carbonyl (C=O) groups is 1. The summed E-state index contributed by atoms with van der Waals surface area (Å²) >= 11 is 0. The van der Waals surface area contributed by atoms with Crippen molar-refractivity contribution in [1.82, 2.24) is 15.5 Å². The minimum absolute atomic E-state index is 0.179. The summed E-state index contributed by atoms with van der Waals surface area (Å²) in [6.07, 6.45) is 1.15. The van der Waals surface area contributed by atoms with E-state index in [1.807, 2.05) is 0 Å². The largest absolute Gasteiger partial charge is 0.486 e. The number of amides is 1. The molecule has 3 aliphatic heterocycles. The quantitative estimate of drug-likeness (QED) is 0.831. The molecule has 6 heteroatoms. The molecule has 0 spiro atoms. The van der Waals surface area contributed by atoms with Crippen molar-refractivity contribution in [2.45, 2.75) is 19.9 Å². The van der Waals surface area contributed by atoms with E-state index < -0.39 is 0 Å². The van der Waals surface area contributed by atoms with Gasteiger partial charge in [0.05, 0.1) is 5.92 Å². The highest BCUT2D eigenvalue weighted by Crippen LogP contribution is 2.34. The van der Waals surface area contributed by atoms with Crippen LogP contribution in [0.25, 0.3) is 0 Å². The van der Waals surface area contributed by atoms with E-state index in [0.29, 0.717) is 19.1 Å². The Balaban J connectivity index is 1.29. The number of hydrogen-bond acceptors (Lipinski definition) is 5. The highest BCUT2D eigenvalue weighted by Gasteiger charge is 2.27. The number of likely N-dealkylation sites (tertiary alicyclic amines) is 1. The number of hydrogen-bond donors (Lipinski definition) is 2. The molecule has 2 N–H and O–H groups in total. The zero-order chi connectivity index (χ0) is 17.2. The minimum Gasteiger partial charge on any atom is -0.486 e. The van der Waals surface area contributed by atoms with Gasteiger partial charge in [-0.3, -0.25) is 9.69 Å². The third-order valence-corrected chi connectivity index (χ3v) is 5.48. The topological polar surface area (TPSA) is 62.8 Å². The van der Waals surface area contributed by atoms with E-state index in [-0.39, 0.29) is 11.8 Å². The van der Waals surface area contributed by atoms with Gasteiger partial charge in [0.2, 0.25) is 5.91 Å². The average molecular weight is 345 g/mol. The van der Waals surface area contributed by atoms with Crippen LogP contribution < -0.4 is 20.1 Å². The summed E-state index contributed by atoms with van der Waals surface area (Å²) in [4.78, 5) is 14.4. The van der Waals surface area contributed by atoms with Crippen molar-refractivity contribution in [3.63, 3.8) is 0 Å². The number of rotatable bonds is 5. The van der Waals surface area contributed by atoms with E-state index in [4.69, 9.17) is 9.47 Å². The Hall–Kier alpha value is -1.79. The summed E-state index contributed by atoms with van der Waals surface area (Å²) in [7, 11) is 0. The van der Waals surface area contributed by atoms with Gasteiger partial charge in [0.15, 0.2) is 11.5 Å². The Bertz CT molecular complexity index is 645. The predicted octanol–water partition coefficient (Wildman–Crippen LogP) is 0.924. The molecular formula is C19H27N3O3. The maximum absolute atomic E-state index is 11.9. The van der Waals surface area contributed by atoms with E-state index in [1.54, 1.807) is 0 Å². The molecule has 1 atom stereocenters. The van der Waals surface area contributed by atoms with Gasteiger partial charge in [0.25, 0.3) is 0 Å². The van der Waals surface area contributed by atoms with Crippen molar-refractivity contribution in [3.8, 4) is 11.5 Å². The van der Waals surface area contributed by atoms with Crippen molar-refractivity contribution in [1.29, 1.82) is 0 Å². The smallest absolute Gasteiger partial charge is 0.225 e. The van der Waals surface area contributed by atoms with Crippen LogP contribution in [-0.2, 0) is 11.3 Å². The Morgan fingerprint density at radius 2 is 2.04 bits per heavy atom. The van der Waals surface area contributed by atoms with Crippen molar-refractivity contribution in [3.05, 3.63) is 23.3 Å². The molecule has 0 aromatic heterocycles. The SMILES string of the molecule is Cc1cc2c(cc1CN1CC[C@@H](CNC(=O)C3CNC3)C1)OCCO2. The number of nitrogens with one attached hydrogen (secondary N) is 2. The summed E-state index contributed by atoms with van der Waals surface area (Å²) in [6, 6.07) is 4.22.